The monoisotopic (exact) mass is 422 g/mol. The maximum Gasteiger partial charge on any atom is 0.412 e. The Morgan fingerprint density at radius 1 is 1.10 bits per heavy atom. The van der Waals surface area contributed by atoms with Gasteiger partial charge in [0.1, 0.15) is 11.6 Å². The van der Waals surface area contributed by atoms with Gasteiger partial charge in [-0.05, 0) is 51.3 Å². The van der Waals surface area contributed by atoms with Crippen LogP contribution < -0.4 is 10.6 Å². The standard InChI is InChI=1S/C21H30N2O7/c1-13(2)10-16(19(26)28-6)23-17(24)12-29-18(25)14-8-7-9-15(11-14)22-20(27)30-21(3,4)5/h7-9,11,13,16H,10,12H2,1-6H3,(H,22,27)(H,23,24)/t16-/m1/s1. The van der Waals surface area contributed by atoms with Crippen molar-refractivity contribution in [3.63, 3.8) is 0 Å². The molecule has 1 rings (SSSR count). The first-order chi connectivity index (χ1) is 13.9. The molecule has 0 aromatic heterocycles. The van der Waals surface area contributed by atoms with Gasteiger partial charge in [0.2, 0.25) is 0 Å². The van der Waals surface area contributed by atoms with Crippen LogP contribution in [-0.4, -0.2) is 49.3 Å². The van der Waals surface area contributed by atoms with Crippen molar-refractivity contribution >= 4 is 29.6 Å². The van der Waals surface area contributed by atoms with Gasteiger partial charge in [0, 0.05) is 5.69 Å². The predicted octanol–water partition coefficient (Wildman–Crippen LogP) is 2.89. The van der Waals surface area contributed by atoms with Crippen LogP contribution in [0.5, 0.6) is 0 Å². The van der Waals surface area contributed by atoms with Gasteiger partial charge in [-0.1, -0.05) is 19.9 Å². The van der Waals surface area contributed by atoms with E-state index in [0.29, 0.717) is 12.1 Å². The summed E-state index contributed by atoms with van der Waals surface area (Å²) in [7, 11) is 1.24. The number of carbonyl (C=O) groups is 4. The number of carbonyl (C=O) groups excluding carboxylic acids is 4. The van der Waals surface area contributed by atoms with Crippen LogP contribution in [0.4, 0.5) is 10.5 Å². The van der Waals surface area contributed by atoms with Crippen molar-refractivity contribution in [2.75, 3.05) is 19.0 Å². The maximum absolute atomic E-state index is 12.2. The average molecular weight is 422 g/mol. The molecule has 1 atom stereocenters. The fraction of sp³-hybridized carbons (Fsp3) is 0.524. The minimum absolute atomic E-state index is 0.142. The molecule has 166 valence electrons. The number of anilines is 1. The Morgan fingerprint density at radius 2 is 1.77 bits per heavy atom. The maximum atomic E-state index is 12.2. The molecule has 0 aliphatic rings. The Labute approximate surface area is 176 Å². The zero-order valence-corrected chi connectivity index (χ0v) is 18.2. The number of rotatable bonds is 8. The lowest BCUT2D eigenvalue weighted by molar-refractivity contribution is -0.145. The van der Waals surface area contributed by atoms with Crippen molar-refractivity contribution < 1.29 is 33.4 Å². The van der Waals surface area contributed by atoms with Gasteiger partial charge in [-0.2, -0.15) is 0 Å². The zero-order chi connectivity index (χ0) is 22.9. The number of nitrogens with one attached hydrogen (secondary N) is 2. The minimum atomic E-state index is -0.817. The summed E-state index contributed by atoms with van der Waals surface area (Å²) in [5, 5.41) is 5.02. The lowest BCUT2D eigenvalue weighted by atomic mass is 10.0. The second kappa shape index (κ2) is 11.2. The quantitative estimate of drug-likeness (QED) is 0.488. The molecule has 0 unspecified atom stereocenters. The fourth-order valence-electron chi connectivity index (χ4n) is 2.42. The third kappa shape index (κ3) is 9.40. The van der Waals surface area contributed by atoms with Gasteiger partial charge in [-0.25, -0.2) is 14.4 Å². The molecule has 2 N–H and O–H groups in total. The van der Waals surface area contributed by atoms with Crippen molar-refractivity contribution in [3.05, 3.63) is 29.8 Å². The molecule has 1 aromatic rings. The van der Waals surface area contributed by atoms with E-state index in [0.717, 1.165) is 0 Å². The molecule has 9 heteroatoms. The van der Waals surface area contributed by atoms with Crippen molar-refractivity contribution in [1.82, 2.24) is 5.32 Å². The smallest absolute Gasteiger partial charge is 0.412 e. The number of methoxy groups -OCH3 is 1. The van der Waals surface area contributed by atoms with Crippen LogP contribution >= 0.6 is 0 Å². The summed E-state index contributed by atoms with van der Waals surface area (Å²) >= 11 is 0. The SMILES string of the molecule is COC(=O)[C@@H](CC(C)C)NC(=O)COC(=O)c1cccc(NC(=O)OC(C)(C)C)c1. The van der Waals surface area contributed by atoms with Crippen molar-refractivity contribution in [2.24, 2.45) is 5.92 Å². The van der Waals surface area contributed by atoms with Crippen LogP contribution in [0.25, 0.3) is 0 Å². The molecule has 0 saturated heterocycles. The number of benzene rings is 1. The number of hydrogen-bond donors (Lipinski definition) is 2. The lowest BCUT2D eigenvalue weighted by Crippen LogP contribution is -2.44. The molecule has 9 nitrogen and oxygen atoms in total. The van der Waals surface area contributed by atoms with E-state index in [-0.39, 0.29) is 11.5 Å². The first kappa shape index (κ1) is 24.9. The zero-order valence-electron chi connectivity index (χ0n) is 18.2. The summed E-state index contributed by atoms with van der Waals surface area (Å²) in [6.45, 7) is 8.45. The fourth-order valence-corrected chi connectivity index (χ4v) is 2.42. The number of amides is 2. The van der Waals surface area contributed by atoms with E-state index >= 15 is 0 Å². The third-order valence-corrected chi connectivity index (χ3v) is 3.61. The number of ether oxygens (including phenoxy) is 3. The van der Waals surface area contributed by atoms with E-state index in [4.69, 9.17) is 9.47 Å². The van der Waals surface area contributed by atoms with Gasteiger partial charge in [0.25, 0.3) is 5.91 Å². The molecular formula is C21H30N2O7. The predicted molar refractivity (Wildman–Crippen MR) is 110 cm³/mol. The van der Waals surface area contributed by atoms with Crippen LogP contribution in [0, 0.1) is 5.92 Å². The summed E-state index contributed by atoms with van der Waals surface area (Å²) in [6, 6.07) is 5.21. The lowest BCUT2D eigenvalue weighted by Gasteiger charge is -2.19. The van der Waals surface area contributed by atoms with E-state index in [1.165, 1.54) is 19.2 Å². The van der Waals surface area contributed by atoms with Gasteiger partial charge in [0.05, 0.1) is 12.7 Å². The Balaban J connectivity index is 2.65. The first-order valence-corrected chi connectivity index (χ1v) is 9.55. The highest BCUT2D eigenvalue weighted by atomic mass is 16.6. The van der Waals surface area contributed by atoms with Crippen molar-refractivity contribution in [3.8, 4) is 0 Å². The normalized spacial score (nSPS) is 12.0. The summed E-state index contributed by atoms with van der Waals surface area (Å²) in [5.41, 5.74) is -0.181. The molecule has 0 fully saturated rings. The summed E-state index contributed by atoms with van der Waals surface area (Å²) in [6.07, 6.45) is -0.267. The van der Waals surface area contributed by atoms with Crippen LogP contribution in [0.3, 0.4) is 0 Å². The molecule has 30 heavy (non-hydrogen) atoms. The molecule has 0 spiro atoms. The van der Waals surface area contributed by atoms with Crippen LogP contribution in [0.2, 0.25) is 0 Å². The summed E-state index contributed by atoms with van der Waals surface area (Å²) < 4.78 is 14.8. The summed E-state index contributed by atoms with van der Waals surface area (Å²) in [5.74, 6) is -1.79. The average Bonchev–Trinajstić information content (AvgIpc) is 2.63. The second-order valence-corrected chi connectivity index (χ2v) is 8.06. The number of hydrogen-bond acceptors (Lipinski definition) is 7. The highest BCUT2D eigenvalue weighted by molar-refractivity contribution is 5.94. The van der Waals surface area contributed by atoms with E-state index in [2.05, 4.69) is 15.4 Å². The van der Waals surface area contributed by atoms with Crippen molar-refractivity contribution in [2.45, 2.75) is 52.7 Å². The van der Waals surface area contributed by atoms with Crippen LogP contribution in [0.15, 0.2) is 24.3 Å². The van der Waals surface area contributed by atoms with Crippen molar-refractivity contribution in [1.29, 1.82) is 0 Å². The Hall–Kier alpha value is -3.10. The van der Waals surface area contributed by atoms with Gasteiger partial charge >= 0.3 is 18.0 Å². The minimum Gasteiger partial charge on any atom is -0.467 e. The summed E-state index contributed by atoms with van der Waals surface area (Å²) in [4.78, 5) is 47.9. The van der Waals surface area contributed by atoms with Gasteiger partial charge in [-0.3, -0.25) is 10.1 Å². The van der Waals surface area contributed by atoms with E-state index < -0.39 is 42.2 Å². The topological polar surface area (TPSA) is 120 Å². The van der Waals surface area contributed by atoms with E-state index in [1.54, 1.807) is 32.9 Å². The molecule has 1 aromatic carbocycles. The molecule has 0 bridgehead atoms. The largest absolute Gasteiger partial charge is 0.467 e. The molecular weight excluding hydrogens is 392 g/mol. The first-order valence-electron chi connectivity index (χ1n) is 9.55. The van der Waals surface area contributed by atoms with Gasteiger partial charge < -0.3 is 19.5 Å². The highest BCUT2D eigenvalue weighted by Crippen LogP contribution is 2.14. The Morgan fingerprint density at radius 3 is 2.33 bits per heavy atom. The molecule has 0 saturated carbocycles. The van der Waals surface area contributed by atoms with Gasteiger partial charge in [-0.15, -0.1) is 0 Å². The number of esters is 2. The molecule has 0 aliphatic carbocycles. The molecule has 0 aliphatic heterocycles. The van der Waals surface area contributed by atoms with Crippen LogP contribution in [-0.2, 0) is 23.8 Å². The Kier molecular flexibility index (Phi) is 9.29. The van der Waals surface area contributed by atoms with E-state index in [1.807, 2.05) is 13.8 Å². The Bertz CT molecular complexity index is 769. The van der Waals surface area contributed by atoms with Crippen LogP contribution in [0.1, 0.15) is 51.4 Å². The molecule has 0 heterocycles. The third-order valence-electron chi connectivity index (χ3n) is 3.61. The second-order valence-electron chi connectivity index (χ2n) is 8.06. The van der Waals surface area contributed by atoms with E-state index in [9.17, 15) is 19.2 Å². The van der Waals surface area contributed by atoms with Gasteiger partial charge in [0.15, 0.2) is 6.61 Å². The molecule has 2 amide bonds. The highest BCUT2D eigenvalue weighted by Gasteiger charge is 2.23. The molecule has 0 radical (unpaired) electrons.